The molecule has 0 aromatic rings. The Morgan fingerprint density at radius 1 is 1.35 bits per heavy atom. The van der Waals surface area contributed by atoms with Gasteiger partial charge < -0.3 is 20.7 Å². The van der Waals surface area contributed by atoms with Crippen LogP contribution in [0.5, 0.6) is 0 Å². The van der Waals surface area contributed by atoms with Crippen LogP contribution in [0.15, 0.2) is 0 Å². The lowest BCUT2D eigenvalue weighted by molar-refractivity contribution is 0.0507. The third-order valence-electron chi connectivity index (χ3n) is 3.34. The van der Waals surface area contributed by atoms with Gasteiger partial charge in [0.2, 0.25) is 0 Å². The van der Waals surface area contributed by atoms with Gasteiger partial charge in [-0.15, -0.1) is 0 Å². The summed E-state index contributed by atoms with van der Waals surface area (Å²) in [7, 11) is 0. The van der Waals surface area contributed by atoms with E-state index in [9.17, 15) is 4.79 Å². The fourth-order valence-corrected chi connectivity index (χ4v) is 2.41. The molecule has 0 aromatic heterocycles. The zero-order valence-electron chi connectivity index (χ0n) is 13.6. The van der Waals surface area contributed by atoms with Crippen LogP contribution >= 0.6 is 0 Å². The van der Waals surface area contributed by atoms with Gasteiger partial charge in [0.25, 0.3) is 0 Å². The second-order valence-electron chi connectivity index (χ2n) is 6.89. The van der Waals surface area contributed by atoms with Crippen molar-refractivity contribution >= 4 is 6.09 Å². The van der Waals surface area contributed by atoms with E-state index < -0.39 is 5.60 Å². The number of carbonyl (C=O) groups excluding carboxylic acids is 1. The summed E-state index contributed by atoms with van der Waals surface area (Å²) >= 11 is 0. The highest BCUT2D eigenvalue weighted by molar-refractivity contribution is 5.68. The molecule has 1 aliphatic heterocycles. The molecule has 0 aromatic carbocycles. The Morgan fingerprint density at radius 2 is 2.05 bits per heavy atom. The molecule has 3 unspecified atom stereocenters. The topological polar surface area (TPSA) is 62.4 Å². The first kappa shape index (κ1) is 17.2. The summed E-state index contributed by atoms with van der Waals surface area (Å²) in [5, 5.41) is 9.82. The van der Waals surface area contributed by atoms with Crippen molar-refractivity contribution in [2.24, 2.45) is 0 Å². The minimum atomic E-state index is -0.446. The second-order valence-corrected chi connectivity index (χ2v) is 6.89. The highest BCUT2D eigenvalue weighted by Crippen LogP contribution is 2.10. The monoisotopic (exact) mass is 285 g/mol. The fourth-order valence-electron chi connectivity index (χ4n) is 2.41. The normalized spacial score (nSPS) is 22.4. The Kier molecular flexibility index (Phi) is 6.76. The van der Waals surface area contributed by atoms with Crippen molar-refractivity contribution in [3.8, 4) is 0 Å². The molecule has 118 valence electrons. The summed E-state index contributed by atoms with van der Waals surface area (Å²) in [6.07, 6.45) is 3.35. The Morgan fingerprint density at radius 3 is 2.60 bits per heavy atom. The lowest BCUT2D eigenvalue weighted by Gasteiger charge is -2.24. The zero-order valence-corrected chi connectivity index (χ0v) is 13.6. The molecule has 1 aliphatic rings. The highest BCUT2D eigenvalue weighted by Gasteiger charge is 2.19. The largest absolute Gasteiger partial charge is 0.444 e. The summed E-state index contributed by atoms with van der Waals surface area (Å²) in [6.45, 7) is 11.7. The van der Waals surface area contributed by atoms with Crippen LogP contribution in [0.1, 0.15) is 53.9 Å². The van der Waals surface area contributed by atoms with E-state index in [4.69, 9.17) is 4.74 Å². The third-order valence-corrected chi connectivity index (χ3v) is 3.34. The smallest absolute Gasteiger partial charge is 0.407 e. The Hall–Kier alpha value is -0.810. The van der Waals surface area contributed by atoms with E-state index in [0.717, 1.165) is 19.5 Å². The summed E-state index contributed by atoms with van der Waals surface area (Å²) < 4.78 is 5.23. The van der Waals surface area contributed by atoms with Crippen LogP contribution in [0.25, 0.3) is 0 Å². The van der Waals surface area contributed by atoms with E-state index in [1.54, 1.807) is 0 Å². The first-order valence-corrected chi connectivity index (χ1v) is 7.72. The van der Waals surface area contributed by atoms with Crippen molar-refractivity contribution < 1.29 is 9.53 Å². The quantitative estimate of drug-likeness (QED) is 0.699. The maximum Gasteiger partial charge on any atom is 0.407 e. The van der Waals surface area contributed by atoms with E-state index in [1.807, 2.05) is 27.7 Å². The van der Waals surface area contributed by atoms with Crippen molar-refractivity contribution in [2.45, 2.75) is 77.6 Å². The van der Waals surface area contributed by atoms with E-state index in [0.29, 0.717) is 12.1 Å². The van der Waals surface area contributed by atoms with Crippen molar-refractivity contribution in [3.63, 3.8) is 0 Å². The standard InChI is InChI=1S/C15H31N3O2/c1-11(9-13-7-6-8-16-13)17-10-12(2)18-14(19)20-15(3,4)5/h11-13,16-17H,6-10H2,1-5H3,(H,18,19). The molecule has 0 saturated carbocycles. The lowest BCUT2D eigenvalue weighted by Crippen LogP contribution is -2.45. The average molecular weight is 285 g/mol. The molecule has 20 heavy (non-hydrogen) atoms. The molecule has 1 amide bonds. The van der Waals surface area contributed by atoms with Crippen molar-refractivity contribution in [1.82, 2.24) is 16.0 Å². The molecule has 0 spiro atoms. The van der Waals surface area contributed by atoms with Crippen LogP contribution in [0.3, 0.4) is 0 Å². The molecule has 5 heteroatoms. The first-order chi connectivity index (χ1) is 9.26. The van der Waals surface area contributed by atoms with Gasteiger partial charge in [-0.05, 0) is 60.4 Å². The van der Waals surface area contributed by atoms with Crippen molar-refractivity contribution in [1.29, 1.82) is 0 Å². The average Bonchev–Trinajstić information content (AvgIpc) is 2.76. The van der Waals surface area contributed by atoms with Gasteiger partial charge in [-0.2, -0.15) is 0 Å². The number of hydrogen-bond acceptors (Lipinski definition) is 4. The summed E-state index contributed by atoms with van der Waals surface area (Å²) in [6, 6.07) is 1.16. The number of nitrogens with one attached hydrogen (secondary N) is 3. The zero-order chi connectivity index (χ0) is 15.2. The molecule has 5 nitrogen and oxygen atoms in total. The number of alkyl carbamates (subject to hydrolysis) is 1. The van der Waals surface area contributed by atoms with Crippen molar-refractivity contribution in [3.05, 3.63) is 0 Å². The maximum absolute atomic E-state index is 11.6. The number of hydrogen-bond donors (Lipinski definition) is 3. The van der Waals surface area contributed by atoms with Crippen LogP contribution < -0.4 is 16.0 Å². The van der Waals surface area contributed by atoms with Gasteiger partial charge in [-0.3, -0.25) is 0 Å². The molecule has 1 fully saturated rings. The van der Waals surface area contributed by atoms with Crippen LogP contribution in [-0.2, 0) is 4.74 Å². The van der Waals surface area contributed by atoms with Gasteiger partial charge in [0.1, 0.15) is 5.60 Å². The lowest BCUT2D eigenvalue weighted by atomic mass is 10.1. The van der Waals surface area contributed by atoms with E-state index in [1.165, 1.54) is 12.8 Å². The van der Waals surface area contributed by atoms with Crippen LogP contribution in [0.2, 0.25) is 0 Å². The highest BCUT2D eigenvalue weighted by atomic mass is 16.6. The molecule has 0 aliphatic carbocycles. The molecule has 3 atom stereocenters. The number of amides is 1. The van der Waals surface area contributed by atoms with Crippen molar-refractivity contribution in [2.75, 3.05) is 13.1 Å². The van der Waals surface area contributed by atoms with Gasteiger partial charge in [0, 0.05) is 24.7 Å². The molecular formula is C15H31N3O2. The first-order valence-electron chi connectivity index (χ1n) is 7.72. The van der Waals surface area contributed by atoms with Crippen LogP contribution in [0.4, 0.5) is 4.79 Å². The Bertz CT molecular complexity index is 296. The molecule has 1 heterocycles. The molecule has 1 saturated heterocycles. The van der Waals surface area contributed by atoms with E-state index in [-0.39, 0.29) is 12.1 Å². The summed E-state index contributed by atoms with van der Waals surface area (Å²) in [5.41, 5.74) is -0.446. The minimum Gasteiger partial charge on any atom is -0.444 e. The summed E-state index contributed by atoms with van der Waals surface area (Å²) in [5.74, 6) is 0. The molecule has 0 bridgehead atoms. The molecular weight excluding hydrogens is 254 g/mol. The van der Waals surface area contributed by atoms with Gasteiger partial charge in [-0.1, -0.05) is 0 Å². The summed E-state index contributed by atoms with van der Waals surface area (Å²) in [4.78, 5) is 11.6. The number of carbonyl (C=O) groups is 1. The second kappa shape index (κ2) is 7.84. The predicted molar refractivity (Wildman–Crippen MR) is 81.9 cm³/mol. The molecule has 3 N–H and O–H groups in total. The van der Waals surface area contributed by atoms with E-state index >= 15 is 0 Å². The number of rotatable bonds is 6. The van der Waals surface area contributed by atoms with Gasteiger partial charge in [-0.25, -0.2) is 4.79 Å². The predicted octanol–water partition coefficient (Wildman–Crippen LogP) is 2.02. The third kappa shape index (κ3) is 7.70. The van der Waals surface area contributed by atoms with Gasteiger partial charge >= 0.3 is 6.09 Å². The van der Waals surface area contributed by atoms with Crippen LogP contribution in [0, 0.1) is 0 Å². The van der Waals surface area contributed by atoms with Crippen LogP contribution in [-0.4, -0.2) is 42.9 Å². The minimum absolute atomic E-state index is 0.0591. The fraction of sp³-hybridized carbons (Fsp3) is 0.933. The number of ether oxygens (including phenoxy) is 1. The maximum atomic E-state index is 11.6. The Balaban J connectivity index is 2.15. The van der Waals surface area contributed by atoms with E-state index in [2.05, 4.69) is 22.9 Å². The SMILES string of the molecule is CC(CC1CCCN1)NCC(C)NC(=O)OC(C)(C)C. The molecule has 0 radical (unpaired) electrons. The Labute approximate surface area is 123 Å². The van der Waals surface area contributed by atoms with Gasteiger partial charge in [0.05, 0.1) is 0 Å². The van der Waals surface area contributed by atoms with Gasteiger partial charge in [0.15, 0.2) is 0 Å². The molecule has 1 rings (SSSR count).